The van der Waals surface area contributed by atoms with Gasteiger partial charge in [-0.15, -0.1) is 0 Å². The average Bonchev–Trinajstić information content (AvgIpc) is 3.25. The van der Waals surface area contributed by atoms with Crippen molar-refractivity contribution in [1.29, 1.82) is 0 Å². The number of rotatable bonds is 6. The largest absolute Gasteiger partial charge is 0.497 e. The van der Waals surface area contributed by atoms with E-state index in [1.807, 2.05) is 24.3 Å². The molecule has 0 atom stereocenters. The zero-order chi connectivity index (χ0) is 16.1. The molecule has 0 unspecified atom stereocenters. The van der Waals surface area contributed by atoms with Crippen molar-refractivity contribution in [2.45, 2.75) is 36.1 Å². The van der Waals surface area contributed by atoms with Crippen molar-refractivity contribution in [2.75, 3.05) is 12.9 Å². The van der Waals surface area contributed by atoms with Gasteiger partial charge in [-0.3, -0.25) is 4.79 Å². The third-order valence-corrected chi connectivity index (χ3v) is 5.48. The first-order valence-corrected chi connectivity index (χ1v) is 9.31. The first-order valence-electron chi connectivity index (χ1n) is 7.55. The molecule has 5 nitrogen and oxygen atoms in total. The minimum absolute atomic E-state index is 0.118. The van der Waals surface area contributed by atoms with E-state index in [-0.39, 0.29) is 17.8 Å². The molecule has 1 aliphatic rings. The third kappa shape index (κ3) is 4.45. The number of hydrogen-bond donors (Lipinski definition) is 0. The summed E-state index contributed by atoms with van der Waals surface area (Å²) in [6, 6.07) is 7.59. The highest BCUT2D eigenvalue weighted by atomic mass is 32.2. The van der Waals surface area contributed by atoms with Gasteiger partial charge >= 0.3 is 5.97 Å². The molecule has 3 rings (SSSR count). The number of benzene rings is 1. The van der Waals surface area contributed by atoms with E-state index in [1.54, 1.807) is 7.11 Å². The number of hydrogen-bond acceptors (Lipinski definition) is 7. The van der Waals surface area contributed by atoms with Crippen LogP contribution >= 0.6 is 23.3 Å². The van der Waals surface area contributed by atoms with Crippen molar-refractivity contribution in [3.8, 4) is 17.1 Å². The van der Waals surface area contributed by atoms with Gasteiger partial charge in [0.1, 0.15) is 11.9 Å². The molecule has 1 aromatic carbocycles. The van der Waals surface area contributed by atoms with Crippen LogP contribution in [0.3, 0.4) is 0 Å². The van der Waals surface area contributed by atoms with Crippen LogP contribution < -0.4 is 4.74 Å². The van der Waals surface area contributed by atoms with E-state index in [9.17, 15) is 4.79 Å². The monoisotopic (exact) mass is 350 g/mol. The summed E-state index contributed by atoms with van der Waals surface area (Å²) in [5, 5.41) is 0. The van der Waals surface area contributed by atoms with E-state index < -0.39 is 0 Å². The van der Waals surface area contributed by atoms with Gasteiger partial charge in [0, 0.05) is 5.56 Å². The molecule has 122 valence electrons. The Hall–Kier alpha value is -1.60. The molecule has 0 bridgehead atoms. The van der Waals surface area contributed by atoms with Crippen molar-refractivity contribution in [2.24, 2.45) is 0 Å². The SMILES string of the molecule is COc1ccc(-c2nsc(SCC(=O)OC3CCCC3)n2)cc1. The second kappa shape index (κ2) is 7.79. The van der Waals surface area contributed by atoms with Crippen molar-refractivity contribution in [3.05, 3.63) is 24.3 Å². The zero-order valence-corrected chi connectivity index (χ0v) is 14.5. The van der Waals surface area contributed by atoms with Gasteiger partial charge in [0.15, 0.2) is 10.2 Å². The fourth-order valence-electron chi connectivity index (χ4n) is 2.47. The van der Waals surface area contributed by atoms with Crippen LogP contribution in [0.1, 0.15) is 25.7 Å². The second-order valence-corrected chi connectivity index (χ2v) is 7.27. The highest BCUT2D eigenvalue weighted by molar-refractivity contribution is 8.01. The van der Waals surface area contributed by atoms with Crippen molar-refractivity contribution in [3.63, 3.8) is 0 Å². The first-order chi connectivity index (χ1) is 11.2. The zero-order valence-electron chi connectivity index (χ0n) is 12.9. The molecule has 2 aromatic rings. The highest BCUT2D eigenvalue weighted by Gasteiger charge is 2.19. The van der Waals surface area contributed by atoms with Crippen LogP contribution in [0.5, 0.6) is 5.75 Å². The van der Waals surface area contributed by atoms with Crippen LogP contribution in [0, 0.1) is 0 Å². The van der Waals surface area contributed by atoms with E-state index in [2.05, 4.69) is 9.36 Å². The summed E-state index contributed by atoms with van der Waals surface area (Å²) in [4.78, 5) is 16.3. The van der Waals surface area contributed by atoms with Crippen LogP contribution in [-0.2, 0) is 9.53 Å². The molecular weight excluding hydrogens is 332 g/mol. The van der Waals surface area contributed by atoms with E-state index in [1.165, 1.54) is 23.3 Å². The first kappa shape index (κ1) is 16.3. The summed E-state index contributed by atoms with van der Waals surface area (Å²) in [6.07, 6.45) is 4.43. The van der Waals surface area contributed by atoms with Crippen LogP contribution in [0.15, 0.2) is 28.6 Å². The van der Waals surface area contributed by atoms with Crippen molar-refractivity contribution in [1.82, 2.24) is 9.36 Å². The predicted molar refractivity (Wildman–Crippen MR) is 91.0 cm³/mol. The Labute approximate surface area is 143 Å². The smallest absolute Gasteiger partial charge is 0.316 e. The number of carbonyl (C=O) groups excluding carboxylic acids is 1. The van der Waals surface area contributed by atoms with Crippen molar-refractivity contribution >= 4 is 29.3 Å². The molecule has 0 aliphatic heterocycles. The Morgan fingerprint density at radius 1 is 1.30 bits per heavy atom. The molecule has 23 heavy (non-hydrogen) atoms. The normalized spacial score (nSPS) is 14.8. The van der Waals surface area contributed by atoms with Gasteiger partial charge in [0.05, 0.1) is 12.9 Å². The van der Waals surface area contributed by atoms with Crippen molar-refractivity contribution < 1.29 is 14.3 Å². The molecule has 7 heteroatoms. The molecule has 0 spiro atoms. The predicted octanol–water partition coefficient (Wildman–Crippen LogP) is 3.79. The molecular formula is C16H18N2O3S2. The maximum Gasteiger partial charge on any atom is 0.316 e. The Kier molecular flexibility index (Phi) is 5.51. The maximum atomic E-state index is 11.8. The topological polar surface area (TPSA) is 61.3 Å². The minimum Gasteiger partial charge on any atom is -0.497 e. The van der Waals surface area contributed by atoms with Crippen LogP contribution in [0.4, 0.5) is 0 Å². The molecule has 0 saturated heterocycles. The van der Waals surface area contributed by atoms with Crippen LogP contribution in [0.2, 0.25) is 0 Å². The third-order valence-electron chi connectivity index (χ3n) is 3.67. The number of nitrogens with zero attached hydrogens (tertiary/aromatic N) is 2. The van der Waals surface area contributed by atoms with Gasteiger partial charge in [-0.05, 0) is 61.5 Å². The fourth-order valence-corrected chi connectivity index (χ4v) is 3.87. The lowest BCUT2D eigenvalue weighted by molar-refractivity contribution is -0.145. The Morgan fingerprint density at radius 3 is 2.74 bits per heavy atom. The summed E-state index contributed by atoms with van der Waals surface area (Å²) >= 11 is 2.68. The van der Waals surface area contributed by atoms with Gasteiger partial charge in [-0.1, -0.05) is 11.8 Å². The Bertz CT molecular complexity index is 652. The second-order valence-electron chi connectivity index (χ2n) is 5.30. The van der Waals surface area contributed by atoms with Gasteiger partial charge in [-0.25, -0.2) is 4.98 Å². The molecule has 0 radical (unpaired) electrons. The standard InChI is InChI=1S/C16H18N2O3S2/c1-20-12-8-6-11(7-9-12)15-17-16(23-18-15)22-10-14(19)21-13-4-2-3-5-13/h6-9,13H,2-5,10H2,1H3. The van der Waals surface area contributed by atoms with Gasteiger partial charge < -0.3 is 9.47 Å². The molecule has 0 N–H and O–H groups in total. The number of aromatic nitrogens is 2. The number of thioether (sulfide) groups is 1. The summed E-state index contributed by atoms with van der Waals surface area (Å²) in [6.45, 7) is 0. The Morgan fingerprint density at radius 2 is 2.04 bits per heavy atom. The fraction of sp³-hybridized carbons (Fsp3) is 0.438. The summed E-state index contributed by atoms with van der Waals surface area (Å²) in [7, 11) is 1.63. The average molecular weight is 350 g/mol. The number of methoxy groups -OCH3 is 1. The van der Waals surface area contributed by atoms with Gasteiger partial charge in [0.25, 0.3) is 0 Å². The lowest BCUT2D eigenvalue weighted by Gasteiger charge is -2.10. The number of carbonyl (C=O) groups is 1. The Balaban J connectivity index is 1.53. The molecule has 1 aromatic heterocycles. The van der Waals surface area contributed by atoms with Crippen LogP contribution in [-0.4, -0.2) is 34.3 Å². The summed E-state index contributed by atoms with van der Waals surface area (Å²) < 4.78 is 15.7. The van der Waals surface area contributed by atoms with E-state index in [4.69, 9.17) is 9.47 Å². The lowest BCUT2D eigenvalue weighted by Crippen LogP contribution is -2.16. The molecule has 1 saturated carbocycles. The molecule has 1 aliphatic carbocycles. The summed E-state index contributed by atoms with van der Waals surface area (Å²) in [5.41, 5.74) is 0.933. The summed E-state index contributed by atoms with van der Waals surface area (Å²) in [5.74, 6) is 1.59. The molecule has 1 heterocycles. The van der Waals surface area contributed by atoms with Crippen LogP contribution in [0.25, 0.3) is 11.4 Å². The number of esters is 1. The van der Waals surface area contributed by atoms with E-state index in [0.29, 0.717) is 5.82 Å². The van der Waals surface area contributed by atoms with E-state index in [0.717, 1.165) is 41.3 Å². The number of ether oxygens (including phenoxy) is 2. The minimum atomic E-state index is -0.164. The lowest BCUT2D eigenvalue weighted by atomic mass is 10.2. The quantitative estimate of drug-likeness (QED) is 0.583. The highest BCUT2D eigenvalue weighted by Crippen LogP contribution is 2.27. The van der Waals surface area contributed by atoms with Gasteiger partial charge in [0.2, 0.25) is 0 Å². The van der Waals surface area contributed by atoms with E-state index >= 15 is 0 Å². The molecule has 0 amide bonds. The maximum absolute atomic E-state index is 11.8. The molecule has 1 fully saturated rings. The van der Waals surface area contributed by atoms with Gasteiger partial charge in [-0.2, -0.15) is 4.37 Å².